The maximum Gasteiger partial charge on any atom is 0.254 e. The van der Waals surface area contributed by atoms with Crippen molar-refractivity contribution in [3.05, 3.63) is 29.8 Å². The summed E-state index contributed by atoms with van der Waals surface area (Å²) in [4.78, 5) is 0. The topological polar surface area (TPSA) is 32.3 Å². The van der Waals surface area contributed by atoms with Crippen LogP contribution in [-0.2, 0) is 6.42 Å². The maximum atomic E-state index is 14.1. The summed E-state index contributed by atoms with van der Waals surface area (Å²) >= 11 is 0. The highest BCUT2D eigenvalue weighted by Crippen LogP contribution is 2.43. The summed E-state index contributed by atoms with van der Waals surface area (Å²) in [5.41, 5.74) is 0.784. The molecule has 2 nitrogen and oxygen atoms in total. The van der Waals surface area contributed by atoms with Crippen LogP contribution in [0.5, 0.6) is 5.75 Å². The van der Waals surface area contributed by atoms with Crippen LogP contribution in [0.4, 0.5) is 8.78 Å². The Hall–Kier alpha value is -1.16. The number of nitrogens with one attached hydrogen (secondary N) is 1. The summed E-state index contributed by atoms with van der Waals surface area (Å²) in [5, 5.41) is 12.7. The van der Waals surface area contributed by atoms with E-state index in [-0.39, 0.29) is 24.3 Å². The number of aromatic hydroxyl groups is 1. The predicted molar refractivity (Wildman–Crippen MR) is 64.8 cm³/mol. The standard InChI is InChI=1S/C14H17F2NO/c15-14(16)8-10-4-5-13(17-10)12(14)7-9-2-1-3-11(18)6-9/h1-3,6,10,12-13,17-18H,4-5,7-8H2. The molecule has 3 atom stereocenters. The molecule has 0 aromatic heterocycles. The zero-order valence-electron chi connectivity index (χ0n) is 10.1. The zero-order valence-corrected chi connectivity index (χ0v) is 10.1. The molecule has 2 aliphatic heterocycles. The highest BCUT2D eigenvalue weighted by Gasteiger charge is 2.52. The average molecular weight is 253 g/mol. The summed E-state index contributed by atoms with van der Waals surface area (Å²) in [6.07, 6.45) is 1.97. The average Bonchev–Trinajstić information content (AvgIpc) is 2.68. The Kier molecular flexibility index (Phi) is 2.77. The molecule has 1 aromatic carbocycles. The van der Waals surface area contributed by atoms with Crippen LogP contribution in [0.1, 0.15) is 24.8 Å². The first-order valence-corrected chi connectivity index (χ1v) is 6.46. The number of halogens is 2. The van der Waals surface area contributed by atoms with Crippen molar-refractivity contribution in [3.8, 4) is 5.75 Å². The van der Waals surface area contributed by atoms with Gasteiger partial charge in [0.15, 0.2) is 0 Å². The van der Waals surface area contributed by atoms with E-state index in [2.05, 4.69) is 5.32 Å². The first-order valence-electron chi connectivity index (χ1n) is 6.46. The van der Waals surface area contributed by atoms with Crippen LogP contribution in [-0.4, -0.2) is 23.1 Å². The van der Waals surface area contributed by atoms with Crippen molar-refractivity contribution in [2.45, 2.75) is 43.7 Å². The third-order valence-corrected chi connectivity index (χ3v) is 4.19. The Morgan fingerprint density at radius 1 is 1.33 bits per heavy atom. The van der Waals surface area contributed by atoms with E-state index in [0.717, 1.165) is 18.4 Å². The van der Waals surface area contributed by atoms with Crippen LogP contribution in [0.2, 0.25) is 0 Å². The molecule has 2 fully saturated rings. The molecule has 2 saturated heterocycles. The van der Waals surface area contributed by atoms with Gasteiger partial charge >= 0.3 is 0 Å². The number of fused-ring (bicyclic) bond motifs is 2. The highest BCUT2D eigenvalue weighted by atomic mass is 19.3. The molecule has 4 heteroatoms. The SMILES string of the molecule is Oc1cccc(CC2C3CCC(CC2(F)F)N3)c1. The number of phenols is 1. The minimum atomic E-state index is -2.59. The molecule has 18 heavy (non-hydrogen) atoms. The van der Waals surface area contributed by atoms with Gasteiger partial charge < -0.3 is 10.4 Å². The fourth-order valence-electron chi connectivity index (χ4n) is 3.33. The lowest BCUT2D eigenvalue weighted by atomic mass is 9.83. The van der Waals surface area contributed by atoms with E-state index in [0.29, 0.717) is 6.42 Å². The van der Waals surface area contributed by atoms with E-state index >= 15 is 0 Å². The molecule has 2 bridgehead atoms. The summed E-state index contributed by atoms with van der Waals surface area (Å²) < 4.78 is 28.2. The molecule has 0 radical (unpaired) electrons. The summed E-state index contributed by atoms with van der Waals surface area (Å²) in [7, 11) is 0. The molecule has 3 unspecified atom stereocenters. The molecule has 2 heterocycles. The Bertz CT molecular complexity index is 449. The fourth-order valence-corrected chi connectivity index (χ4v) is 3.33. The van der Waals surface area contributed by atoms with Crippen LogP contribution >= 0.6 is 0 Å². The summed E-state index contributed by atoms with van der Waals surface area (Å²) in [5.74, 6) is -3.11. The molecule has 3 rings (SSSR count). The molecule has 98 valence electrons. The minimum absolute atomic E-state index is 0.00886. The molecule has 2 N–H and O–H groups in total. The number of phenolic OH excluding ortho intramolecular Hbond substituents is 1. The van der Waals surface area contributed by atoms with E-state index in [1.807, 2.05) is 0 Å². The second-order valence-electron chi connectivity index (χ2n) is 5.49. The Morgan fingerprint density at radius 3 is 2.94 bits per heavy atom. The second-order valence-corrected chi connectivity index (χ2v) is 5.49. The lowest BCUT2D eigenvalue weighted by Crippen LogP contribution is -2.52. The molecule has 2 aliphatic rings. The van der Waals surface area contributed by atoms with Gasteiger partial charge in [0, 0.05) is 24.4 Å². The lowest BCUT2D eigenvalue weighted by molar-refractivity contribution is -0.0955. The lowest BCUT2D eigenvalue weighted by Gasteiger charge is -2.37. The summed E-state index contributed by atoms with van der Waals surface area (Å²) in [6.45, 7) is 0. The van der Waals surface area contributed by atoms with E-state index in [4.69, 9.17) is 0 Å². The van der Waals surface area contributed by atoms with Crippen LogP contribution in [0.25, 0.3) is 0 Å². The van der Waals surface area contributed by atoms with Crippen molar-refractivity contribution < 1.29 is 13.9 Å². The number of piperidine rings is 1. The number of alkyl halides is 2. The largest absolute Gasteiger partial charge is 0.508 e. The van der Waals surface area contributed by atoms with E-state index in [1.54, 1.807) is 24.3 Å². The van der Waals surface area contributed by atoms with Crippen LogP contribution in [0, 0.1) is 5.92 Å². The molecular weight excluding hydrogens is 236 g/mol. The smallest absolute Gasteiger partial charge is 0.254 e. The van der Waals surface area contributed by atoms with Gasteiger partial charge in [-0.25, -0.2) is 8.78 Å². The number of hydrogen-bond donors (Lipinski definition) is 2. The Balaban J connectivity index is 1.82. The second kappa shape index (κ2) is 4.19. The van der Waals surface area contributed by atoms with Gasteiger partial charge in [-0.15, -0.1) is 0 Å². The zero-order chi connectivity index (χ0) is 12.8. The van der Waals surface area contributed by atoms with Gasteiger partial charge in [0.1, 0.15) is 5.75 Å². The number of benzene rings is 1. The van der Waals surface area contributed by atoms with Gasteiger partial charge in [-0.05, 0) is 37.0 Å². The van der Waals surface area contributed by atoms with Gasteiger partial charge in [-0.3, -0.25) is 0 Å². The Labute approximate surface area is 105 Å². The third kappa shape index (κ3) is 2.09. The number of hydrogen-bond acceptors (Lipinski definition) is 2. The first-order chi connectivity index (χ1) is 8.54. The van der Waals surface area contributed by atoms with Gasteiger partial charge in [0.2, 0.25) is 0 Å². The van der Waals surface area contributed by atoms with Crippen LogP contribution in [0.3, 0.4) is 0 Å². The van der Waals surface area contributed by atoms with Crippen LogP contribution < -0.4 is 5.32 Å². The van der Waals surface area contributed by atoms with Gasteiger partial charge in [-0.2, -0.15) is 0 Å². The van der Waals surface area contributed by atoms with Gasteiger partial charge in [0.05, 0.1) is 0 Å². The van der Waals surface area contributed by atoms with Crippen molar-refractivity contribution in [2.24, 2.45) is 5.92 Å². The van der Waals surface area contributed by atoms with E-state index < -0.39 is 11.8 Å². The summed E-state index contributed by atoms with van der Waals surface area (Å²) in [6, 6.07) is 6.56. The molecule has 0 amide bonds. The molecule has 0 aliphatic carbocycles. The molecular formula is C14H17F2NO. The van der Waals surface area contributed by atoms with Crippen molar-refractivity contribution in [1.29, 1.82) is 0 Å². The highest BCUT2D eigenvalue weighted by molar-refractivity contribution is 5.28. The van der Waals surface area contributed by atoms with Crippen molar-refractivity contribution in [2.75, 3.05) is 0 Å². The molecule has 0 saturated carbocycles. The molecule has 0 spiro atoms. The molecule has 1 aromatic rings. The quantitative estimate of drug-likeness (QED) is 0.849. The number of rotatable bonds is 2. The minimum Gasteiger partial charge on any atom is -0.508 e. The maximum absolute atomic E-state index is 14.1. The fraction of sp³-hybridized carbons (Fsp3) is 0.571. The van der Waals surface area contributed by atoms with Crippen molar-refractivity contribution >= 4 is 0 Å². The van der Waals surface area contributed by atoms with Crippen molar-refractivity contribution in [3.63, 3.8) is 0 Å². The van der Waals surface area contributed by atoms with Crippen LogP contribution in [0.15, 0.2) is 24.3 Å². The first kappa shape index (κ1) is 11.9. The van der Waals surface area contributed by atoms with E-state index in [1.165, 1.54) is 0 Å². The van der Waals surface area contributed by atoms with Gasteiger partial charge in [-0.1, -0.05) is 12.1 Å². The third-order valence-electron chi connectivity index (χ3n) is 4.19. The predicted octanol–water partition coefficient (Wildman–Crippen LogP) is 2.71. The normalized spacial score (nSPS) is 33.6. The monoisotopic (exact) mass is 253 g/mol. The van der Waals surface area contributed by atoms with Crippen molar-refractivity contribution in [1.82, 2.24) is 5.32 Å². The Morgan fingerprint density at radius 2 is 2.17 bits per heavy atom. The van der Waals surface area contributed by atoms with Gasteiger partial charge in [0.25, 0.3) is 5.92 Å². The van der Waals surface area contributed by atoms with E-state index in [9.17, 15) is 13.9 Å².